The normalized spacial score (nSPS) is 19.4. The Kier molecular flexibility index (Phi) is 5.58. The van der Waals surface area contributed by atoms with Gasteiger partial charge in [-0.15, -0.1) is 0 Å². The molecule has 1 aromatic carbocycles. The van der Waals surface area contributed by atoms with Gasteiger partial charge in [0.1, 0.15) is 5.82 Å². The molecule has 1 aromatic heterocycles. The van der Waals surface area contributed by atoms with Crippen molar-refractivity contribution in [2.45, 2.75) is 25.7 Å². The molecule has 6 heteroatoms. The summed E-state index contributed by atoms with van der Waals surface area (Å²) in [7, 11) is 2.06. The molecule has 1 saturated carbocycles. The Labute approximate surface area is 147 Å². The lowest BCUT2D eigenvalue weighted by atomic mass is 10.1. The summed E-state index contributed by atoms with van der Waals surface area (Å²) < 4.78 is 18.5. The number of hydrogen-bond acceptors (Lipinski definition) is 3. The van der Waals surface area contributed by atoms with Gasteiger partial charge in [-0.1, -0.05) is 6.92 Å². The third-order valence-corrected chi connectivity index (χ3v) is 4.74. The average Bonchev–Trinajstić information content (AvgIpc) is 3.20. The quantitative estimate of drug-likeness (QED) is 0.769. The van der Waals surface area contributed by atoms with Crippen LogP contribution in [0.2, 0.25) is 0 Å². The number of nitrogens with zero attached hydrogens (tertiary/aromatic N) is 1. The molecule has 0 radical (unpaired) electrons. The molecule has 0 spiro atoms. The molecule has 1 heterocycles. The third-order valence-electron chi connectivity index (χ3n) is 4.74. The Morgan fingerprint density at radius 2 is 2.32 bits per heavy atom. The van der Waals surface area contributed by atoms with Crippen molar-refractivity contribution in [2.75, 3.05) is 33.3 Å². The standard InChI is InChI=1S/C19H26FN3O2/c1-3-8-25-19(24)21-6-7-23(2)12-13-9-15(13)17-11-22-18-5-4-14(20)10-16(17)18/h4-5,10-11,13,15,22H,3,6-9,12H2,1-2H3,(H,21,24). The van der Waals surface area contributed by atoms with E-state index in [9.17, 15) is 9.18 Å². The first-order chi connectivity index (χ1) is 12.1. The molecule has 3 rings (SSSR count). The van der Waals surface area contributed by atoms with Crippen LogP contribution in [0.3, 0.4) is 0 Å². The average molecular weight is 347 g/mol. The van der Waals surface area contributed by atoms with Gasteiger partial charge in [-0.2, -0.15) is 0 Å². The number of alkyl carbamates (subject to hydrolysis) is 1. The fourth-order valence-corrected chi connectivity index (χ4v) is 3.34. The number of H-pyrrole nitrogens is 1. The first-order valence-corrected chi connectivity index (χ1v) is 8.94. The monoisotopic (exact) mass is 347 g/mol. The molecule has 25 heavy (non-hydrogen) atoms. The van der Waals surface area contributed by atoms with E-state index in [-0.39, 0.29) is 11.9 Å². The van der Waals surface area contributed by atoms with Crippen LogP contribution in [0.15, 0.2) is 24.4 Å². The fourth-order valence-electron chi connectivity index (χ4n) is 3.34. The molecule has 1 aliphatic rings. The van der Waals surface area contributed by atoms with Gasteiger partial charge < -0.3 is 19.9 Å². The van der Waals surface area contributed by atoms with Crippen LogP contribution >= 0.6 is 0 Å². The highest BCUT2D eigenvalue weighted by Crippen LogP contribution is 2.49. The maximum absolute atomic E-state index is 13.5. The first-order valence-electron chi connectivity index (χ1n) is 8.94. The van der Waals surface area contributed by atoms with Gasteiger partial charge in [0.15, 0.2) is 0 Å². The summed E-state index contributed by atoms with van der Waals surface area (Å²) >= 11 is 0. The highest BCUT2D eigenvalue weighted by atomic mass is 19.1. The smallest absolute Gasteiger partial charge is 0.407 e. The van der Waals surface area contributed by atoms with Crippen LogP contribution in [0, 0.1) is 11.7 Å². The van der Waals surface area contributed by atoms with Crippen molar-refractivity contribution < 1.29 is 13.9 Å². The number of benzene rings is 1. The summed E-state index contributed by atoms with van der Waals surface area (Å²) in [5, 5.41) is 3.76. The molecule has 1 aliphatic carbocycles. The van der Waals surface area contributed by atoms with Crippen molar-refractivity contribution in [3.8, 4) is 0 Å². The van der Waals surface area contributed by atoms with Crippen molar-refractivity contribution in [1.82, 2.24) is 15.2 Å². The molecule has 0 bridgehead atoms. The number of aromatic nitrogens is 1. The zero-order chi connectivity index (χ0) is 17.8. The summed E-state index contributed by atoms with van der Waals surface area (Å²) in [6.07, 6.45) is 3.62. The van der Waals surface area contributed by atoms with Gasteiger partial charge in [-0.25, -0.2) is 9.18 Å². The van der Waals surface area contributed by atoms with E-state index in [4.69, 9.17) is 4.74 Å². The summed E-state index contributed by atoms with van der Waals surface area (Å²) in [6, 6.07) is 4.90. The van der Waals surface area contributed by atoms with Gasteiger partial charge in [-0.05, 0) is 55.5 Å². The number of aromatic amines is 1. The van der Waals surface area contributed by atoms with Crippen LogP contribution in [0.4, 0.5) is 9.18 Å². The number of rotatable bonds is 8. The van der Waals surface area contributed by atoms with E-state index in [1.54, 1.807) is 12.1 Å². The van der Waals surface area contributed by atoms with Gasteiger partial charge in [0, 0.05) is 36.7 Å². The molecule has 1 fully saturated rings. The van der Waals surface area contributed by atoms with Crippen molar-refractivity contribution in [3.63, 3.8) is 0 Å². The summed E-state index contributed by atoms with van der Waals surface area (Å²) in [4.78, 5) is 16.8. The number of nitrogens with one attached hydrogen (secondary N) is 2. The number of carbonyl (C=O) groups excluding carboxylic acids is 1. The van der Waals surface area contributed by atoms with E-state index in [1.807, 2.05) is 13.1 Å². The minimum Gasteiger partial charge on any atom is -0.450 e. The predicted molar refractivity (Wildman–Crippen MR) is 96.2 cm³/mol. The van der Waals surface area contributed by atoms with E-state index in [0.717, 1.165) is 36.8 Å². The highest BCUT2D eigenvalue weighted by molar-refractivity contribution is 5.84. The molecule has 2 atom stereocenters. The Morgan fingerprint density at radius 3 is 3.12 bits per heavy atom. The van der Waals surface area contributed by atoms with Crippen LogP contribution in [0.1, 0.15) is 31.2 Å². The second-order valence-electron chi connectivity index (χ2n) is 6.86. The van der Waals surface area contributed by atoms with Gasteiger partial charge in [0.2, 0.25) is 0 Å². The van der Waals surface area contributed by atoms with Gasteiger partial charge >= 0.3 is 6.09 Å². The summed E-state index contributed by atoms with van der Waals surface area (Å²) in [5.74, 6) is 0.878. The molecule has 0 saturated heterocycles. The molecule has 0 aliphatic heterocycles. The number of halogens is 1. The lowest BCUT2D eigenvalue weighted by molar-refractivity contribution is 0.145. The Bertz CT molecular complexity index is 731. The topological polar surface area (TPSA) is 57.4 Å². The summed E-state index contributed by atoms with van der Waals surface area (Å²) in [6.45, 7) is 4.76. The van der Waals surface area contributed by atoms with Crippen molar-refractivity contribution in [3.05, 3.63) is 35.8 Å². The molecular weight excluding hydrogens is 321 g/mol. The van der Waals surface area contributed by atoms with Crippen molar-refractivity contribution in [2.24, 2.45) is 5.92 Å². The van der Waals surface area contributed by atoms with Crippen molar-refractivity contribution in [1.29, 1.82) is 0 Å². The molecule has 136 valence electrons. The molecule has 5 nitrogen and oxygen atoms in total. The minimum atomic E-state index is -0.347. The molecule has 2 unspecified atom stereocenters. The van der Waals surface area contributed by atoms with E-state index in [1.165, 1.54) is 11.6 Å². The van der Waals surface area contributed by atoms with Gasteiger partial charge in [0.05, 0.1) is 6.61 Å². The fraction of sp³-hybridized carbons (Fsp3) is 0.526. The Hall–Kier alpha value is -2.08. The molecule has 2 aromatic rings. The SMILES string of the molecule is CCCOC(=O)NCCN(C)CC1CC1c1c[nH]c2ccc(F)cc12. The number of hydrogen-bond donors (Lipinski definition) is 2. The third kappa shape index (κ3) is 4.51. The Balaban J connectivity index is 1.44. The zero-order valence-corrected chi connectivity index (χ0v) is 14.8. The lowest BCUT2D eigenvalue weighted by Crippen LogP contribution is -2.34. The number of fused-ring (bicyclic) bond motifs is 1. The zero-order valence-electron chi connectivity index (χ0n) is 14.8. The molecular formula is C19H26FN3O2. The minimum absolute atomic E-state index is 0.191. The lowest BCUT2D eigenvalue weighted by Gasteiger charge is -2.16. The number of likely N-dealkylation sites (N-methyl/N-ethyl adjacent to an activating group) is 1. The number of carbonyl (C=O) groups is 1. The predicted octanol–water partition coefficient (Wildman–Crippen LogP) is 3.48. The second kappa shape index (κ2) is 7.87. The van der Waals surface area contributed by atoms with E-state index in [2.05, 4.69) is 22.2 Å². The largest absolute Gasteiger partial charge is 0.450 e. The van der Waals surface area contributed by atoms with Crippen molar-refractivity contribution >= 4 is 17.0 Å². The van der Waals surface area contributed by atoms with Crippen LogP contribution in [0.25, 0.3) is 10.9 Å². The van der Waals surface area contributed by atoms with E-state index < -0.39 is 0 Å². The second-order valence-corrected chi connectivity index (χ2v) is 6.86. The van der Waals surface area contributed by atoms with Crippen LogP contribution in [-0.4, -0.2) is 49.3 Å². The highest BCUT2D eigenvalue weighted by Gasteiger charge is 2.40. The van der Waals surface area contributed by atoms with E-state index in [0.29, 0.717) is 25.0 Å². The maximum Gasteiger partial charge on any atom is 0.407 e. The first kappa shape index (κ1) is 17.7. The van der Waals surface area contributed by atoms with Gasteiger partial charge in [-0.3, -0.25) is 0 Å². The van der Waals surface area contributed by atoms with Crippen LogP contribution < -0.4 is 5.32 Å². The van der Waals surface area contributed by atoms with Crippen LogP contribution in [0.5, 0.6) is 0 Å². The maximum atomic E-state index is 13.5. The molecule has 1 amide bonds. The van der Waals surface area contributed by atoms with Crippen LogP contribution in [-0.2, 0) is 4.74 Å². The summed E-state index contributed by atoms with van der Waals surface area (Å²) in [5.41, 5.74) is 2.21. The molecule has 2 N–H and O–H groups in total. The number of amides is 1. The Morgan fingerprint density at radius 1 is 1.48 bits per heavy atom. The van der Waals surface area contributed by atoms with E-state index >= 15 is 0 Å². The van der Waals surface area contributed by atoms with Gasteiger partial charge in [0.25, 0.3) is 0 Å². The number of ether oxygens (including phenoxy) is 1.